The lowest BCUT2D eigenvalue weighted by Gasteiger charge is -2.36. The van der Waals surface area contributed by atoms with Crippen LogP contribution in [0.15, 0.2) is 33.3 Å². The first-order valence-corrected chi connectivity index (χ1v) is 10.1. The number of fused-ring (bicyclic) bond motifs is 2. The average molecular weight is 451 g/mol. The minimum Gasteiger partial charge on any atom is -0.314 e. The Morgan fingerprint density at radius 3 is 2.62 bits per heavy atom. The molecule has 0 bridgehead atoms. The minimum atomic E-state index is 0.239. The van der Waals surface area contributed by atoms with Crippen LogP contribution < -0.4 is 5.32 Å². The van der Waals surface area contributed by atoms with E-state index in [2.05, 4.69) is 67.2 Å². The maximum atomic E-state index is 4.87. The van der Waals surface area contributed by atoms with Crippen LogP contribution in [0.25, 0.3) is 0 Å². The molecule has 1 aromatic heterocycles. The van der Waals surface area contributed by atoms with Gasteiger partial charge in [0.15, 0.2) is 0 Å². The molecule has 0 saturated carbocycles. The zero-order valence-electron chi connectivity index (χ0n) is 13.8. The number of aryl methyl sites for hydroxylation is 3. The number of nitrogens with one attached hydrogen (secondary N) is 1. The summed E-state index contributed by atoms with van der Waals surface area (Å²) in [5, 5.41) is 3.47. The van der Waals surface area contributed by atoms with Crippen molar-refractivity contribution in [1.82, 2.24) is 15.2 Å². The molecular formula is C19H21Br2N3. The monoisotopic (exact) mass is 449 g/mol. The molecular weight excluding hydrogens is 430 g/mol. The fourth-order valence-electron chi connectivity index (χ4n) is 3.98. The summed E-state index contributed by atoms with van der Waals surface area (Å²) < 4.78 is 2.29. The third-order valence-electron chi connectivity index (χ3n) is 5.04. The first kappa shape index (κ1) is 16.7. The quantitative estimate of drug-likeness (QED) is 0.711. The van der Waals surface area contributed by atoms with Crippen LogP contribution in [0.5, 0.6) is 0 Å². The van der Waals surface area contributed by atoms with Crippen molar-refractivity contribution in [1.29, 1.82) is 0 Å². The van der Waals surface area contributed by atoms with Crippen molar-refractivity contribution in [3.63, 3.8) is 0 Å². The summed E-state index contributed by atoms with van der Waals surface area (Å²) >= 11 is 7.46. The van der Waals surface area contributed by atoms with E-state index >= 15 is 0 Å². The number of hydrogen-bond donors (Lipinski definition) is 1. The maximum Gasteiger partial charge on any atom is 0.0793 e. The topological polar surface area (TPSA) is 28.2 Å². The molecule has 24 heavy (non-hydrogen) atoms. The van der Waals surface area contributed by atoms with E-state index in [-0.39, 0.29) is 6.04 Å². The number of rotatable bonds is 1. The van der Waals surface area contributed by atoms with Crippen molar-refractivity contribution in [2.75, 3.05) is 26.2 Å². The summed E-state index contributed by atoms with van der Waals surface area (Å²) in [6, 6.07) is 7.10. The van der Waals surface area contributed by atoms with Gasteiger partial charge >= 0.3 is 0 Å². The van der Waals surface area contributed by atoms with E-state index in [1.807, 2.05) is 6.20 Å². The van der Waals surface area contributed by atoms with Crippen molar-refractivity contribution in [3.05, 3.63) is 61.3 Å². The van der Waals surface area contributed by atoms with Gasteiger partial charge in [0, 0.05) is 41.3 Å². The number of nitrogens with zero attached hydrogens (tertiary/aromatic N) is 2. The van der Waals surface area contributed by atoms with Crippen LogP contribution in [0.1, 0.15) is 34.0 Å². The third-order valence-corrected chi connectivity index (χ3v) is 6.13. The molecule has 0 amide bonds. The van der Waals surface area contributed by atoms with E-state index in [1.165, 1.54) is 32.4 Å². The first-order chi connectivity index (χ1) is 11.6. The lowest BCUT2D eigenvalue weighted by atomic mass is 9.94. The van der Waals surface area contributed by atoms with Gasteiger partial charge in [-0.3, -0.25) is 9.88 Å². The van der Waals surface area contributed by atoms with Gasteiger partial charge in [0.2, 0.25) is 0 Å². The molecule has 0 radical (unpaired) electrons. The van der Waals surface area contributed by atoms with Crippen LogP contribution in [0.4, 0.5) is 0 Å². The molecule has 2 heterocycles. The highest BCUT2D eigenvalue weighted by Crippen LogP contribution is 2.40. The van der Waals surface area contributed by atoms with Crippen LogP contribution in [-0.4, -0.2) is 36.1 Å². The summed E-state index contributed by atoms with van der Waals surface area (Å²) in [5.74, 6) is 0. The van der Waals surface area contributed by atoms with E-state index < -0.39 is 0 Å². The van der Waals surface area contributed by atoms with E-state index in [0.717, 1.165) is 43.5 Å². The summed E-state index contributed by atoms with van der Waals surface area (Å²) in [7, 11) is 0. The molecule has 1 aliphatic heterocycles. The fraction of sp³-hybridized carbons (Fsp3) is 0.421. The maximum absolute atomic E-state index is 4.87. The molecule has 1 saturated heterocycles. The highest BCUT2D eigenvalue weighted by Gasteiger charge is 2.32. The van der Waals surface area contributed by atoms with Crippen molar-refractivity contribution in [2.45, 2.75) is 25.8 Å². The van der Waals surface area contributed by atoms with Gasteiger partial charge in [-0.2, -0.15) is 0 Å². The number of halogens is 2. The van der Waals surface area contributed by atoms with Gasteiger partial charge in [-0.15, -0.1) is 0 Å². The van der Waals surface area contributed by atoms with Gasteiger partial charge in [0.05, 0.1) is 11.7 Å². The van der Waals surface area contributed by atoms with Gasteiger partial charge in [-0.25, -0.2) is 0 Å². The Morgan fingerprint density at radius 2 is 1.83 bits per heavy atom. The van der Waals surface area contributed by atoms with E-state index in [0.29, 0.717) is 0 Å². The highest BCUT2D eigenvalue weighted by atomic mass is 79.9. The molecule has 5 heteroatoms. The van der Waals surface area contributed by atoms with Gasteiger partial charge in [-0.1, -0.05) is 22.0 Å². The SMILES string of the molecule is Cc1cc(Br)c2c(c1)CCc1cc(Br)cnc1[C@H]2N1CCNCC1. The number of hydrogen-bond acceptors (Lipinski definition) is 3. The number of pyridine rings is 1. The first-order valence-electron chi connectivity index (χ1n) is 8.51. The highest BCUT2D eigenvalue weighted by molar-refractivity contribution is 9.10. The van der Waals surface area contributed by atoms with Crippen LogP contribution in [-0.2, 0) is 12.8 Å². The summed E-state index contributed by atoms with van der Waals surface area (Å²) in [6.45, 7) is 6.38. The molecule has 4 rings (SSSR count). The normalized spacial score (nSPS) is 21.0. The smallest absolute Gasteiger partial charge is 0.0793 e. The standard InChI is InChI=1S/C19H21Br2N3/c1-12-8-13-2-3-14-10-15(20)11-23-18(14)19(17(13)16(21)9-12)24-6-4-22-5-7-24/h8-11,19,22H,2-7H2,1H3/t19-/m0/s1. The average Bonchev–Trinajstić information content (AvgIpc) is 2.72. The van der Waals surface area contributed by atoms with Crippen LogP contribution in [0.3, 0.4) is 0 Å². The molecule has 0 unspecified atom stereocenters. The van der Waals surface area contributed by atoms with E-state index in [1.54, 1.807) is 0 Å². The van der Waals surface area contributed by atoms with Crippen LogP contribution >= 0.6 is 31.9 Å². The van der Waals surface area contributed by atoms with Gasteiger partial charge in [-0.05, 0) is 70.1 Å². The van der Waals surface area contributed by atoms with Crippen molar-refractivity contribution < 1.29 is 0 Å². The number of piperazine rings is 1. The van der Waals surface area contributed by atoms with Gasteiger partial charge in [0.1, 0.15) is 0 Å². The molecule has 1 aliphatic carbocycles. The Morgan fingerprint density at radius 1 is 1.08 bits per heavy atom. The second-order valence-corrected chi connectivity index (χ2v) is 8.48. The molecule has 126 valence electrons. The molecule has 1 N–H and O–H groups in total. The predicted molar refractivity (Wildman–Crippen MR) is 105 cm³/mol. The van der Waals surface area contributed by atoms with Crippen molar-refractivity contribution in [2.24, 2.45) is 0 Å². The van der Waals surface area contributed by atoms with Crippen LogP contribution in [0.2, 0.25) is 0 Å². The Hall–Kier alpha value is -0.750. The Bertz CT molecular complexity index is 769. The van der Waals surface area contributed by atoms with E-state index in [9.17, 15) is 0 Å². The minimum absolute atomic E-state index is 0.239. The summed E-state index contributed by atoms with van der Waals surface area (Å²) in [4.78, 5) is 7.45. The summed E-state index contributed by atoms with van der Waals surface area (Å²) in [6.07, 6.45) is 4.07. The second-order valence-electron chi connectivity index (χ2n) is 6.71. The van der Waals surface area contributed by atoms with Gasteiger partial charge < -0.3 is 5.32 Å². The lowest BCUT2D eigenvalue weighted by Crippen LogP contribution is -2.45. The Balaban J connectivity index is 1.91. The van der Waals surface area contributed by atoms with Gasteiger partial charge in [0.25, 0.3) is 0 Å². The van der Waals surface area contributed by atoms with E-state index in [4.69, 9.17) is 4.98 Å². The molecule has 3 nitrogen and oxygen atoms in total. The molecule has 1 aromatic carbocycles. The third kappa shape index (κ3) is 3.07. The number of aromatic nitrogens is 1. The molecule has 1 atom stereocenters. The van der Waals surface area contributed by atoms with Crippen LogP contribution in [0, 0.1) is 6.92 Å². The van der Waals surface area contributed by atoms with Crippen molar-refractivity contribution >= 4 is 31.9 Å². The fourth-order valence-corrected chi connectivity index (χ4v) is 5.19. The molecule has 2 aliphatic rings. The Labute approximate surface area is 160 Å². The second kappa shape index (κ2) is 6.87. The lowest BCUT2D eigenvalue weighted by molar-refractivity contribution is 0.194. The largest absolute Gasteiger partial charge is 0.314 e. The molecule has 1 fully saturated rings. The van der Waals surface area contributed by atoms with Crippen molar-refractivity contribution in [3.8, 4) is 0 Å². The molecule has 2 aromatic rings. The summed E-state index contributed by atoms with van der Waals surface area (Å²) in [5.41, 5.74) is 6.78. The predicted octanol–water partition coefficient (Wildman–Crippen LogP) is 4.01. The zero-order valence-corrected chi connectivity index (χ0v) is 17.0. The number of benzene rings is 1. The molecule has 0 spiro atoms. The Kier molecular flexibility index (Phi) is 4.78. The zero-order chi connectivity index (χ0) is 16.7.